The van der Waals surface area contributed by atoms with Crippen LogP contribution in [0.4, 0.5) is 18.9 Å². The lowest BCUT2D eigenvalue weighted by Gasteiger charge is -2.47. The molecule has 0 aromatic heterocycles. The fourth-order valence-corrected chi connectivity index (χ4v) is 1.87. The lowest BCUT2D eigenvalue weighted by molar-refractivity contribution is -0.137. The summed E-state index contributed by atoms with van der Waals surface area (Å²) in [7, 11) is 0. The molecule has 1 fully saturated rings. The van der Waals surface area contributed by atoms with Gasteiger partial charge < -0.3 is 10.6 Å². The molecule has 0 bridgehead atoms. The molecule has 16 heavy (non-hydrogen) atoms. The molecule has 1 heterocycles. The second-order valence-corrected chi connectivity index (χ2v) is 4.55. The third-order valence-corrected chi connectivity index (χ3v) is 2.66. The summed E-state index contributed by atoms with van der Waals surface area (Å²) in [5, 5.41) is 0. The molecule has 0 saturated carbocycles. The Hall–Kier alpha value is -1.23. The zero-order valence-corrected chi connectivity index (χ0v) is 8.88. The van der Waals surface area contributed by atoms with E-state index in [-0.39, 0.29) is 5.54 Å². The third kappa shape index (κ3) is 2.14. The molecule has 1 saturated heterocycles. The molecule has 0 unspecified atom stereocenters. The van der Waals surface area contributed by atoms with Crippen LogP contribution in [0.15, 0.2) is 24.3 Å². The first-order valence-corrected chi connectivity index (χ1v) is 4.99. The van der Waals surface area contributed by atoms with E-state index >= 15 is 0 Å². The average Bonchev–Trinajstić information content (AvgIpc) is 2.13. The lowest BCUT2D eigenvalue weighted by atomic mass is 9.93. The number of nitrogens with zero attached hydrogens (tertiary/aromatic N) is 1. The zero-order chi connectivity index (χ0) is 12.0. The minimum Gasteiger partial charge on any atom is -0.368 e. The normalized spacial score (nSPS) is 19.4. The van der Waals surface area contributed by atoms with E-state index in [1.54, 1.807) is 0 Å². The molecule has 0 amide bonds. The van der Waals surface area contributed by atoms with Gasteiger partial charge in [0.05, 0.1) is 5.56 Å². The number of nitrogens with two attached hydrogens (primary N) is 1. The number of hydrogen-bond donors (Lipinski definition) is 1. The van der Waals surface area contributed by atoms with Crippen LogP contribution < -0.4 is 10.6 Å². The van der Waals surface area contributed by atoms with Gasteiger partial charge >= 0.3 is 6.18 Å². The highest BCUT2D eigenvalue weighted by Gasteiger charge is 2.35. The van der Waals surface area contributed by atoms with E-state index in [4.69, 9.17) is 5.73 Å². The minimum absolute atomic E-state index is 0.220. The quantitative estimate of drug-likeness (QED) is 0.801. The Morgan fingerprint density at radius 3 is 2.06 bits per heavy atom. The third-order valence-electron chi connectivity index (χ3n) is 2.66. The summed E-state index contributed by atoms with van der Waals surface area (Å²) in [5.41, 5.74) is 5.78. The van der Waals surface area contributed by atoms with Crippen molar-refractivity contribution in [2.75, 3.05) is 18.0 Å². The van der Waals surface area contributed by atoms with E-state index in [1.807, 2.05) is 11.8 Å². The Kier molecular flexibility index (Phi) is 2.38. The summed E-state index contributed by atoms with van der Waals surface area (Å²) in [6.45, 7) is 3.28. The maximum absolute atomic E-state index is 12.3. The highest BCUT2D eigenvalue weighted by Crippen LogP contribution is 2.32. The van der Waals surface area contributed by atoms with Crippen molar-refractivity contribution < 1.29 is 13.2 Å². The molecule has 0 atom stereocenters. The standard InChI is InChI=1S/C11H13F3N2/c1-10(15)6-16(7-10)9-4-2-8(3-5-9)11(12,13)14/h2-5H,6-7,15H2,1H3. The maximum atomic E-state index is 12.3. The fourth-order valence-electron chi connectivity index (χ4n) is 1.87. The van der Waals surface area contributed by atoms with Crippen molar-refractivity contribution in [1.29, 1.82) is 0 Å². The molecular formula is C11H13F3N2. The summed E-state index contributed by atoms with van der Waals surface area (Å²) in [6, 6.07) is 5.17. The molecule has 1 aromatic rings. The number of halogens is 3. The van der Waals surface area contributed by atoms with Gasteiger partial charge in [0, 0.05) is 24.3 Å². The molecule has 0 aliphatic carbocycles. The first kappa shape index (κ1) is 11.3. The van der Waals surface area contributed by atoms with Gasteiger partial charge in [-0.1, -0.05) is 0 Å². The van der Waals surface area contributed by atoms with Crippen molar-refractivity contribution >= 4 is 5.69 Å². The van der Waals surface area contributed by atoms with Gasteiger partial charge in [-0.2, -0.15) is 13.2 Å². The summed E-state index contributed by atoms with van der Waals surface area (Å²) in [4.78, 5) is 1.96. The van der Waals surface area contributed by atoms with Crippen molar-refractivity contribution in [2.24, 2.45) is 5.73 Å². The Balaban J connectivity index is 2.10. The largest absolute Gasteiger partial charge is 0.416 e. The second kappa shape index (κ2) is 3.38. The smallest absolute Gasteiger partial charge is 0.368 e. The van der Waals surface area contributed by atoms with Crippen LogP contribution in [-0.2, 0) is 6.18 Å². The van der Waals surface area contributed by atoms with Crippen LogP contribution >= 0.6 is 0 Å². The van der Waals surface area contributed by atoms with E-state index in [2.05, 4.69) is 0 Å². The molecule has 2 rings (SSSR count). The first-order chi connectivity index (χ1) is 7.28. The predicted octanol–water partition coefficient (Wildman–Crippen LogP) is 2.24. The summed E-state index contributed by atoms with van der Waals surface area (Å²) < 4.78 is 36.9. The highest BCUT2D eigenvalue weighted by molar-refractivity contribution is 5.51. The Morgan fingerprint density at radius 1 is 1.19 bits per heavy atom. The summed E-state index contributed by atoms with van der Waals surface area (Å²) in [6.07, 6.45) is -4.27. The van der Waals surface area contributed by atoms with Gasteiger partial charge in [0.15, 0.2) is 0 Å². The van der Waals surface area contributed by atoms with Crippen molar-refractivity contribution in [3.63, 3.8) is 0 Å². The zero-order valence-electron chi connectivity index (χ0n) is 8.88. The second-order valence-electron chi connectivity index (χ2n) is 4.55. The molecule has 2 N–H and O–H groups in total. The number of rotatable bonds is 1. The van der Waals surface area contributed by atoms with Gasteiger partial charge in [0.1, 0.15) is 0 Å². The number of anilines is 1. The number of alkyl halides is 3. The highest BCUT2D eigenvalue weighted by atomic mass is 19.4. The van der Waals surface area contributed by atoms with Gasteiger partial charge in [-0.05, 0) is 31.2 Å². The van der Waals surface area contributed by atoms with Crippen molar-refractivity contribution in [1.82, 2.24) is 0 Å². The molecular weight excluding hydrogens is 217 g/mol. The van der Waals surface area contributed by atoms with Gasteiger partial charge in [-0.15, -0.1) is 0 Å². The van der Waals surface area contributed by atoms with Gasteiger partial charge in [-0.3, -0.25) is 0 Å². The van der Waals surface area contributed by atoms with E-state index in [0.717, 1.165) is 17.8 Å². The topological polar surface area (TPSA) is 29.3 Å². The molecule has 1 aromatic carbocycles. The van der Waals surface area contributed by atoms with Crippen LogP contribution in [0.1, 0.15) is 12.5 Å². The van der Waals surface area contributed by atoms with Gasteiger partial charge in [-0.25, -0.2) is 0 Å². The minimum atomic E-state index is -4.27. The van der Waals surface area contributed by atoms with Gasteiger partial charge in [0.2, 0.25) is 0 Å². The van der Waals surface area contributed by atoms with E-state index in [1.165, 1.54) is 12.1 Å². The molecule has 5 heteroatoms. The van der Waals surface area contributed by atoms with Crippen LogP contribution in [-0.4, -0.2) is 18.6 Å². The van der Waals surface area contributed by atoms with E-state index in [0.29, 0.717) is 13.1 Å². The Labute approximate surface area is 91.8 Å². The number of benzene rings is 1. The maximum Gasteiger partial charge on any atom is 0.416 e. The predicted molar refractivity (Wildman–Crippen MR) is 56.2 cm³/mol. The molecule has 0 radical (unpaired) electrons. The van der Waals surface area contributed by atoms with Crippen LogP contribution in [0.5, 0.6) is 0 Å². The van der Waals surface area contributed by atoms with E-state index in [9.17, 15) is 13.2 Å². The SMILES string of the molecule is CC1(N)CN(c2ccc(C(F)(F)F)cc2)C1. The molecule has 88 valence electrons. The van der Waals surface area contributed by atoms with Crippen molar-refractivity contribution in [3.05, 3.63) is 29.8 Å². The van der Waals surface area contributed by atoms with Crippen LogP contribution in [0, 0.1) is 0 Å². The van der Waals surface area contributed by atoms with Crippen LogP contribution in [0.25, 0.3) is 0 Å². The fraction of sp³-hybridized carbons (Fsp3) is 0.455. The molecule has 2 nitrogen and oxygen atoms in total. The average molecular weight is 230 g/mol. The first-order valence-electron chi connectivity index (χ1n) is 4.99. The molecule has 0 spiro atoms. The van der Waals surface area contributed by atoms with Crippen molar-refractivity contribution in [3.8, 4) is 0 Å². The van der Waals surface area contributed by atoms with Gasteiger partial charge in [0.25, 0.3) is 0 Å². The van der Waals surface area contributed by atoms with E-state index < -0.39 is 11.7 Å². The monoisotopic (exact) mass is 230 g/mol. The summed E-state index contributed by atoms with van der Waals surface area (Å²) >= 11 is 0. The lowest BCUT2D eigenvalue weighted by Crippen LogP contribution is -2.65. The van der Waals surface area contributed by atoms with Crippen molar-refractivity contribution in [2.45, 2.75) is 18.6 Å². The van der Waals surface area contributed by atoms with Crippen LogP contribution in [0.2, 0.25) is 0 Å². The molecule has 1 aliphatic rings. The summed E-state index contributed by atoms with van der Waals surface area (Å²) in [5.74, 6) is 0. The Bertz CT molecular complexity index is 373. The molecule has 1 aliphatic heterocycles. The number of hydrogen-bond acceptors (Lipinski definition) is 2. The van der Waals surface area contributed by atoms with Crippen LogP contribution in [0.3, 0.4) is 0 Å². The Morgan fingerprint density at radius 2 is 1.69 bits per heavy atom.